The van der Waals surface area contributed by atoms with Gasteiger partial charge in [0.15, 0.2) is 5.78 Å². The molecule has 2 atom stereocenters. The number of rotatable bonds is 2. The Morgan fingerprint density at radius 1 is 0.773 bits per heavy atom. The summed E-state index contributed by atoms with van der Waals surface area (Å²) in [5.41, 5.74) is 13.9. The number of nitrogens with one attached hydrogen (secondary N) is 1. The standard InChI is InChI=1S/C18H22N2.C16H22O.C2H4O2.CH4N2/c1-12-17(2,3)14-7-6-13(10-15(14)18(12,4)5)16-8-9-19-11-20-16;1-10(17)12-7-8-13-14(9-12)16(5,6)11(2)15(13,3)4;1-2(3)4;2-1-3/h6-12H,1-5H3;7-9,11H,1-6H3;1H3,(H,3,4);1H,(H3,2,3). The van der Waals surface area contributed by atoms with Gasteiger partial charge in [-0.3, -0.25) is 15.0 Å². The van der Waals surface area contributed by atoms with Crippen molar-refractivity contribution in [1.82, 2.24) is 9.97 Å². The number of carbonyl (C=O) groups excluding carboxylic acids is 1. The summed E-state index contributed by atoms with van der Waals surface area (Å²) in [7, 11) is 0. The second kappa shape index (κ2) is 13.4. The van der Waals surface area contributed by atoms with Crippen LogP contribution in [0.3, 0.4) is 0 Å². The molecule has 7 heteroatoms. The van der Waals surface area contributed by atoms with Crippen molar-refractivity contribution in [3.8, 4) is 11.3 Å². The summed E-state index contributed by atoms with van der Waals surface area (Å²) in [5, 5.41) is 13.3. The lowest BCUT2D eigenvalue weighted by Gasteiger charge is -2.32. The van der Waals surface area contributed by atoms with Gasteiger partial charge in [0.05, 0.1) is 12.0 Å². The van der Waals surface area contributed by atoms with Crippen LogP contribution in [0.2, 0.25) is 0 Å². The lowest BCUT2D eigenvalue weighted by atomic mass is 9.71. The highest BCUT2D eigenvalue weighted by molar-refractivity contribution is 5.94. The molecule has 7 nitrogen and oxygen atoms in total. The average Bonchev–Trinajstić information content (AvgIpc) is 3.18. The van der Waals surface area contributed by atoms with Crippen molar-refractivity contribution in [2.45, 2.75) is 105 Å². The second-order valence-electron chi connectivity index (χ2n) is 14.2. The summed E-state index contributed by atoms with van der Waals surface area (Å²) < 4.78 is 0. The van der Waals surface area contributed by atoms with Gasteiger partial charge in [0.2, 0.25) is 0 Å². The minimum Gasteiger partial charge on any atom is -0.481 e. The van der Waals surface area contributed by atoms with Gasteiger partial charge >= 0.3 is 0 Å². The van der Waals surface area contributed by atoms with E-state index in [9.17, 15) is 4.79 Å². The molecule has 0 radical (unpaired) electrons. The van der Waals surface area contributed by atoms with Gasteiger partial charge < -0.3 is 10.8 Å². The molecule has 1 heterocycles. The Balaban J connectivity index is 0.000000256. The highest BCUT2D eigenvalue weighted by atomic mass is 16.4. The normalized spacial score (nSPS) is 20.5. The molecule has 0 spiro atoms. The number of ketones is 1. The van der Waals surface area contributed by atoms with E-state index in [1.807, 2.05) is 12.1 Å². The number of carboxylic acid groups (broad SMARTS) is 1. The van der Waals surface area contributed by atoms with Crippen molar-refractivity contribution in [1.29, 1.82) is 5.41 Å². The van der Waals surface area contributed by atoms with E-state index in [1.54, 1.807) is 19.4 Å². The number of carbonyl (C=O) groups is 2. The molecule has 0 fully saturated rings. The molecule has 0 saturated carbocycles. The molecule has 0 bridgehead atoms. The number of benzene rings is 2. The Kier molecular flexibility index (Phi) is 11.1. The highest BCUT2D eigenvalue weighted by Gasteiger charge is 2.49. The van der Waals surface area contributed by atoms with Crippen molar-refractivity contribution < 1.29 is 14.7 Å². The van der Waals surface area contributed by atoms with E-state index in [0.29, 0.717) is 11.8 Å². The van der Waals surface area contributed by atoms with Crippen LogP contribution in [0.1, 0.15) is 116 Å². The van der Waals surface area contributed by atoms with E-state index < -0.39 is 5.97 Å². The molecule has 2 aromatic carbocycles. The number of aromatic nitrogens is 2. The van der Waals surface area contributed by atoms with Crippen LogP contribution >= 0.6 is 0 Å². The molecular formula is C37H52N4O3. The molecule has 44 heavy (non-hydrogen) atoms. The predicted octanol–water partition coefficient (Wildman–Crippen LogP) is 8.09. The van der Waals surface area contributed by atoms with E-state index in [4.69, 9.17) is 15.3 Å². The first kappa shape index (κ1) is 36.3. The Morgan fingerprint density at radius 3 is 1.59 bits per heavy atom. The Bertz CT molecular complexity index is 1490. The molecule has 5 rings (SSSR count). The average molecular weight is 601 g/mol. The van der Waals surface area contributed by atoms with Gasteiger partial charge in [0.1, 0.15) is 6.33 Å². The van der Waals surface area contributed by atoms with E-state index >= 15 is 0 Å². The summed E-state index contributed by atoms with van der Waals surface area (Å²) in [6.07, 6.45) is 4.16. The van der Waals surface area contributed by atoms with Crippen molar-refractivity contribution >= 4 is 18.1 Å². The molecule has 2 aliphatic carbocycles. The zero-order valence-electron chi connectivity index (χ0n) is 28.7. The van der Waals surface area contributed by atoms with Gasteiger partial charge in [0.25, 0.3) is 5.97 Å². The molecule has 1 aromatic heterocycles. The number of fused-ring (bicyclic) bond motifs is 2. The molecule has 0 saturated heterocycles. The minimum absolute atomic E-state index is 0.143. The maximum absolute atomic E-state index is 11.5. The van der Waals surface area contributed by atoms with Crippen LogP contribution in [0.25, 0.3) is 11.3 Å². The van der Waals surface area contributed by atoms with Crippen LogP contribution in [0.15, 0.2) is 55.0 Å². The fourth-order valence-corrected chi connectivity index (χ4v) is 6.86. The van der Waals surface area contributed by atoms with Crippen LogP contribution in [0.5, 0.6) is 0 Å². The smallest absolute Gasteiger partial charge is 0.300 e. The summed E-state index contributed by atoms with van der Waals surface area (Å²) in [6.45, 7) is 26.0. The molecule has 0 aliphatic heterocycles. The summed E-state index contributed by atoms with van der Waals surface area (Å²) >= 11 is 0. The third-order valence-electron chi connectivity index (χ3n) is 10.4. The van der Waals surface area contributed by atoms with E-state index in [1.165, 1.54) is 27.8 Å². The van der Waals surface area contributed by atoms with Crippen LogP contribution in [0, 0.1) is 17.2 Å². The van der Waals surface area contributed by atoms with Gasteiger partial charge in [0, 0.05) is 24.2 Å². The highest BCUT2D eigenvalue weighted by Crippen LogP contribution is 2.55. The largest absolute Gasteiger partial charge is 0.481 e. The minimum atomic E-state index is -0.833. The van der Waals surface area contributed by atoms with E-state index in [-0.39, 0.29) is 27.4 Å². The number of hydrogen-bond donors (Lipinski definition) is 3. The lowest BCUT2D eigenvalue weighted by Crippen LogP contribution is -2.30. The topological polar surface area (TPSA) is 130 Å². The summed E-state index contributed by atoms with van der Waals surface area (Å²) in [4.78, 5) is 28.9. The van der Waals surface area contributed by atoms with Gasteiger partial charge in [-0.2, -0.15) is 0 Å². The zero-order valence-corrected chi connectivity index (χ0v) is 28.7. The molecule has 2 aliphatic rings. The number of aliphatic carboxylic acids is 1. The summed E-state index contributed by atoms with van der Waals surface area (Å²) in [6, 6.07) is 15.0. The maximum Gasteiger partial charge on any atom is 0.300 e. The number of nitrogens with zero attached hydrogens (tertiary/aromatic N) is 2. The molecule has 4 N–H and O–H groups in total. The van der Waals surface area contributed by atoms with Crippen molar-refractivity contribution in [2.75, 3.05) is 0 Å². The first-order valence-electron chi connectivity index (χ1n) is 15.2. The van der Waals surface area contributed by atoms with Gasteiger partial charge in [-0.1, -0.05) is 93.5 Å². The molecule has 0 amide bonds. The first-order valence-corrected chi connectivity index (χ1v) is 15.2. The van der Waals surface area contributed by atoms with E-state index in [2.05, 4.69) is 115 Å². The number of Topliss-reactive ketones (excluding diaryl/α,β-unsaturated/α-hetero) is 1. The number of hydrogen-bond acceptors (Lipinski definition) is 5. The third-order valence-corrected chi connectivity index (χ3v) is 10.4. The second-order valence-corrected chi connectivity index (χ2v) is 14.2. The Hall–Kier alpha value is -3.87. The molecule has 3 aromatic rings. The van der Waals surface area contributed by atoms with Gasteiger partial charge in [-0.25, -0.2) is 9.97 Å². The third kappa shape index (κ3) is 7.09. The molecule has 2 unspecified atom stereocenters. The molecule has 238 valence electrons. The van der Waals surface area contributed by atoms with Gasteiger partial charge in [-0.15, -0.1) is 0 Å². The van der Waals surface area contributed by atoms with Crippen LogP contribution in [-0.4, -0.2) is 33.2 Å². The van der Waals surface area contributed by atoms with Crippen LogP contribution < -0.4 is 5.73 Å². The van der Waals surface area contributed by atoms with Crippen molar-refractivity contribution in [2.24, 2.45) is 17.6 Å². The van der Waals surface area contributed by atoms with E-state index in [0.717, 1.165) is 24.5 Å². The number of carboxylic acids is 1. The summed E-state index contributed by atoms with van der Waals surface area (Å²) in [5.74, 6) is 0.513. The Labute approximate surface area is 264 Å². The number of nitrogens with two attached hydrogens (primary N) is 1. The van der Waals surface area contributed by atoms with Gasteiger partial charge in [-0.05, 0) is 80.9 Å². The zero-order chi connectivity index (χ0) is 33.8. The lowest BCUT2D eigenvalue weighted by molar-refractivity contribution is -0.134. The van der Waals surface area contributed by atoms with Crippen LogP contribution in [0.4, 0.5) is 0 Å². The Morgan fingerprint density at radius 2 is 1.18 bits per heavy atom. The van der Waals surface area contributed by atoms with Crippen molar-refractivity contribution in [3.05, 3.63) is 82.8 Å². The van der Waals surface area contributed by atoms with Crippen molar-refractivity contribution in [3.63, 3.8) is 0 Å². The monoisotopic (exact) mass is 600 g/mol. The SMILES string of the molecule is CC(=O)O.CC(=O)c1ccc2c(c1)C(C)(C)C(C)C2(C)C.CC1C(C)(C)c2ccc(-c3ccncn3)cc2C1(C)C.N=CN. The molecular weight excluding hydrogens is 548 g/mol. The quantitative estimate of drug-likeness (QED) is 0.155. The predicted molar refractivity (Wildman–Crippen MR) is 181 cm³/mol. The first-order chi connectivity index (χ1) is 20.2. The fraction of sp³-hybridized carbons (Fsp3) is 0.486. The van der Waals surface area contributed by atoms with Crippen LogP contribution in [-0.2, 0) is 26.5 Å². The fourth-order valence-electron chi connectivity index (χ4n) is 6.86. The maximum atomic E-state index is 11.5.